The van der Waals surface area contributed by atoms with Crippen molar-refractivity contribution in [1.29, 1.82) is 0 Å². The van der Waals surface area contributed by atoms with E-state index in [0.29, 0.717) is 11.6 Å². The number of rotatable bonds is 6. The number of nitrogens with zero attached hydrogens (tertiary/aromatic N) is 1. The van der Waals surface area contributed by atoms with Crippen molar-refractivity contribution in [1.82, 2.24) is 0 Å². The number of hydrogen-bond donors (Lipinski definition) is 1. The quantitative estimate of drug-likeness (QED) is 0.625. The fraction of sp³-hybridized carbons (Fsp3) is 0.429. The van der Waals surface area contributed by atoms with E-state index in [-0.39, 0.29) is 18.6 Å². The molecule has 2 N–H and O–H groups in total. The number of carbonyl (C=O) groups is 1. The van der Waals surface area contributed by atoms with Crippen molar-refractivity contribution in [3.8, 4) is 0 Å². The van der Waals surface area contributed by atoms with Crippen LogP contribution in [-0.2, 0) is 9.53 Å². The van der Waals surface area contributed by atoms with E-state index in [1.165, 1.54) is 0 Å². The van der Waals surface area contributed by atoms with Crippen LogP contribution >= 0.6 is 28.1 Å². The van der Waals surface area contributed by atoms with Crippen molar-refractivity contribution < 1.29 is 9.53 Å². The van der Waals surface area contributed by atoms with E-state index < -0.39 is 0 Å². The van der Waals surface area contributed by atoms with Gasteiger partial charge in [-0.2, -0.15) is 0 Å². The topological polar surface area (TPSA) is 55.6 Å². The molecule has 0 saturated carbocycles. The molecule has 0 fully saturated rings. The number of anilines is 1. The zero-order valence-electron chi connectivity index (χ0n) is 11.9. The highest BCUT2D eigenvalue weighted by Crippen LogP contribution is 2.26. The Labute approximate surface area is 133 Å². The third-order valence-electron chi connectivity index (χ3n) is 2.76. The smallest absolute Gasteiger partial charge is 0.325 e. The first-order valence-electron chi connectivity index (χ1n) is 6.38. The summed E-state index contributed by atoms with van der Waals surface area (Å²) in [5.41, 5.74) is 7.36. The van der Waals surface area contributed by atoms with Gasteiger partial charge in [-0.15, -0.1) is 0 Å². The predicted molar refractivity (Wildman–Crippen MR) is 89.1 cm³/mol. The highest BCUT2D eigenvalue weighted by Gasteiger charge is 2.19. The van der Waals surface area contributed by atoms with Gasteiger partial charge < -0.3 is 15.4 Å². The van der Waals surface area contributed by atoms with Gasteiger partial charge in [0.15, 0.2) is 0 Å². The van der Waals surface area contributed by atoms with E-state index in [1.54, 1.807) is 6.92 Å². The van der Waals surface area contributed by atoms with Crippen LogP contribution in [0, 0.1) is 0 Å². The lowest BCUT2D eigenvalue weighted by Gasteiger charge is -2.29. The van der Waals surface area contributed by atoms with Gasteiger partial charge >= 0.3 is 5.97 Å². The van der Waals surface area contributed by atoms with Gasteiger partial charge in [0.2, 0.25) is 0 Å². The summed E-state index contributed by atoms with van der Waals surface area (Å²) >= 11 is 8.50. The standard InChI is InChI=1S/C14H19BrN2O2S/c1-4-19-13(18)8-17(9(2)3)12-6-5-10(15)7-11(12)14(16)20/h5-7,9H,4,8H2,1-3H3,(H2,16,20). The summed E-state index contributed by atoms with van der Waals surface area (Å²) in [5.74, 6) is -0.266. The molecule has 1 aromatic carbocycles. The van der Waals surface area contributed by atoms with Crippen molar-refractivity contribution in [3.63, 3.8) is 0 Å². The summed E-state index contributed by atoms with van der Waals surface area (Å²) in [4.78, 5) is 14.0. The van der Waals surface area contributed by atoms with Crippen LogP contribution in [0.5, 0.6) is 0 Å². The predicted octanol–water partition coefficient (Wildman–Crippen LogP) is 2.86. The van der Waals surface area contributed by atoms with E-state index in [0.717, 1.165) is 15.7 Å². The number of esters is 1. The van der Waals surface area contributed by atoms with Crippen LogP contribution in [0.3, 0.4) is 0 Å². The van der Waals surface area contributed by atoms with Crippen molar-refractivity contribution >= 4 is 44.8 Å². The first-order chi connectivity index (χ1) is 9.36. The fourth-order valence-corrected chi connectivity index (χ4v) is 2.37. The first kappa shape index (κ1) is 16.9. The monoisotopic (exact) mass is 358 g/mol. The van der Waals surface area contributed by atoms with Crippen molar-refractivity contribution in [2.75, 3.05) is 18.1 Å². The third-order valence-corrected chi connectivity index (χ3v) is 3.47. The molecule has 0 aliphatic carbocycles. The van der Waals surface area contributed by atoms with Gasteiger partial charge in [0.25, 0.3) is 0 Å². The van der Waals surface area contributed by atoms with E-state index in [1.807, 2.05) is 36.9 Å². The number of benzene rings is 1. The Morgan fingerprint density at radius 2 is 2.15 bits per heavy atom. The molecular formula is C14H19BrN2O2S. The summed E-state index contributed by atoms with van der Waals surface area (Å²) < 4.78 is 5.91. The maximum absolute atomic E-state index is 11.7. The average molecular weight is 359 g/mol. The molecule has 0 heterocycles. The molecule has 1 aromatic rings. The molecule has 0 saturated heterocycles. The van der Waals surface area contributed by atoms with Crippen LogP contribution in [-0.4, -0.2) is 30.2 Å². The van der Waals surface area contributed by atoms with Gasteiger partial charge in [0.05, 0.1) is 6.61 Å². The maximum atomic E-state index is 11.7. The molecule has 0 spiro atoms. The van der Waals surface area contributed by atoms with E-state index in [2.05, 4.69) is 15.9 Å². The van der Waals surface area contributed by atoms with E-state index in [9.17, 15) is 4.79 Å². The minimum Gasteiger partial charge on any atom is -0.465 e. The van der Waals surface area contributed by atoms with Gasteiger partial charge in [0, 0.05) is 21.8 Å². The summed E-state index contributed by atoms with van der Waals surface area (Å²) in [7, 11) is 0. The molecular weight excluding hydrogens is 340 g/mol. The van der Waals surface area contributed by atoms with Crippen LogP contribution in [0.1, 0.15) is 26.3 Å². The maximum Gasteiger partial charge on any atom is 0.325 e. The lowest BCUT2D eigenvalue weighted by atomic mass is 10.1. The Morgan fingerprint density at radius 1 is 1.50 bits per heavy atom. The molecule has 0 aliphatic heterocycles. The van der Waals surface area contributed by atoms with Crippen molar-refractivity contribution in [2.24, 2.45) is 5.73 Å². The van der Waals surface area contributed by atoms with Crippen LogP contribution in [0.2, 0.25) is 0 Å². The minimum atomic E-state index is -0.266. The Kier molecular flexibility index (Phi) is 6.42. The lowest BCUT2D eigenvalue weighted by molar-refractivity contribution is -0.141. The SMILES string of the molecule is CCOC(=O)CN(c1ccc(Br)cc1C(N)=S)C(C)C. The average Bonchev–Trinajstić information content (AvgIpc) is 2.36. The molecule has 0 radical (unpaired) electrons. The molecule has 0 unspecified atom stereocenters. The summed E-state index contributed by atoms with van der Waals surface area (Å²) in [6.45, 7) is 6.34. The van der Waals surface area contributed by atoms with Gasteiger partial charge in [-0.25, -0.2) is 0 Å². The van der Waals surface area contributed by atoms with Crippen LogP contribution < -0.4 is 10.6 Å². The lowest BCUT2D eigenvalue weighted by Crippen LogP contribution is -2.37. The summed E-state index contributed by atoms with van der Waals surface area (Å²) in [5, 5.41) is 0. The number of thiocarbonyl (C=S) groups is 1. The second kappa shape index (κ2) is 7.59. The number of halogens is 1. The Hall–Kier alpha value is -1.14. The first-order valence-corrected chi connectivity index (χ1v) is 7.58. The highest BCUT2D eigenvalue weighted by molar-refractivity contribution is 9.10. The number of carbonyl (C=O) groups excluding carboxylic acids is 1. The molecule has 110 valence electrons. The van der Waals surface area contributed by atoms with E-state index >= 15 is 0 Å². The second-order valence-corrected chi connectivity index (χ2v) is 5.91. The molecule has 6 heteroatoms. The molecule has 0 atom stereocenters. The highest BCUT2D eigenvalue weighted by atomic mass is 79.9. The fourth-order valence-electron chi connectivity index (χ4n) is 1.85. The number of nitrogens with two attached hydrogens (primary N) is 1. The van der Waals surface area contributed by atoms with Crippen LogP contribution in [0.4, 0.5) is 5.69 Å². The normalized spacial score (nSPS) is 10.4. The largest absolute Gasteiger partial charge is 0.465 e. The molecule has 0 bridgehead atoms. The zero-order chi connectivity index (χ0) is 15.3. The molecule has 4 nitrogen and oxygen atoms in total. The molecule has 20 heavy (non-hydrogen) atoms. The van der Waals surface area contributed by atoms with Crippen molar-refractivity contribution in [3.05, 3.63) is 28.2 Å². The van der Waals surface area contributed by atoms with Crippen LogP contribution in [0.25, 0.3) is 0 Å². The molecule has 0 aliphatic rings. The van der Waals surface area contributed by atoms with Gasteiger partial charge in [-0.05, 0) is 39.0 Å². The summed E-state index contributed by atoms with van der Waals surface area (Å²) in [6, 6.07) is 5.78. The molecule has 0 amide bonds. The number of ether oxygens (including phenoxy) is 1. The zero-order valence-corrected chi connectivity index (χ0v) is 14.3. The number of hydrogen-bond acceptors (Lipinski definition) is 4. The Bertz CT molecular complexity index is 506. The third kappa shape index (κ3) is 4.45. The van der Waals surface area contributed by atoms with Gasteiger partial charge in [-0.1, -0.05) is 28.1 Å². The van der Waals surface area contributed by atoms with Gasteiger partial charge in [0.1, 0.15) is 11.5 Å². The Morgan fingerprint density at radius 3 is 2.65 bits per heavy atom. The Balaban J connectivity index is 3.15. The van der Waals surface area contributed by atoms with Gasteiger partial charge in [-0.3, -0.25) is 4.79 Å². The molecule has 1 rings (SSSR count). The van der Waals surface area contributed by atoms with E-state index in [4.69, 9.17) is 22.7 Å². The van der Waals surface area contributed by atoms with Crippen LogP contribution in [0.15, 0.2) is 22.7 Å². The molecule has 0 aromatic heterocycles. The second-order valence-electron chi connectivity index (χ2n) is 4.55. The minimum absolute atomic E-state index is 0.119. The summed E-state index contributed by atoms with van der Waals surface area (Å²) in [6.07, 6.45) is 0. The van der Waals surface area contributed by atoms with Crippen molar-refractivity contribution in [2.45, 2.75) is 26.8 Å².